The molecule has 0 aliphatic carbocycles. The third-order valence-electron chi connectivity index (χ3n) is 4.29. The molecule has 2 unspecified atom stereocenters. The van der Waals surface area contributed by atoms with Crippen LogP contribution in [-0.4, -0.2) is 43.5 Å². The molecule has 1 heterocycles. The van der Waals surface area contributed by atoms with Crippen molar-refractivity contribution in [3.8, 4) is 0 Å². The molecule has 110 valence electrons. The zero-order valence-corrected chi connectivity index (χ0v) is 12.8. The van der Waals surface area contributed by atoms with Gasteiger partial charge in [-0.1, -0.05) is 31.2 Å². The highest BCUT2D eigenvalue weighted by molar-refractivity contribution is 5.99. The maximum absolute atomic E-state index is 12.5. The van der Waals surface area contributed by atoms with Gasteiger partial charge in [-0.05, 0) is 37.8 Å². The van der Waals surface area contributed by atoms with Crippen LogP contribution in [0.1, 0.15) is 36.2 Å². The highest BCUT2D eigenvalue weighted by Gasteiger charge is 2.29. The second kappa shape index (κ2) is 7.00. The average Bonchev–Trinajstić information content (AvgIpc) is 2.95. The minimum atomic E-state index is -0.0377. The number of carbonyl (C=O) groups excluding carboxylic acids is 1. The van der Waals surface area contributed by atoms with Gasteiger partial charge in [-0.15, -0.1) is 0 Å². The number of benzene rings is 1. The predicted molar refractivity (Wildman–Crippen MR) is 81.2 cm³/mol. The lowest BCUT2D eigenvalue weighted by molar-refractivity contribution is 0.0852. The Morgan fingerprint density at radius 1 is 1.40 bits per heavy atom. The van der Waals surface area contributed by atoms with Gasteiger partial charge in [0, 0.05) is 19.2 Å². The quantitative estimate of drug-likeness (QED) is 0.748. The average molecular weight is 275 g/mol. The molecular formula is C17H25NO2. The molecule has 1 aliphatic rings. The number of rotatable bonds is 6. The van der Waals surface area contributed by atoms with Gasteiger partial charge < -0.3 is 4.74 Å². The van der Waals surface area contributed by atoms with E-state index in [0.717, 1.165) is 38.1 Å². The molecule has 1 aromatic rings. The summed E-state index contributed by atoms with van der Waals surface area (Å²) in [6.07, 6.45) is 2.13. The number of carbonyl (C=O) groups is 1. The SMILES string of the molecule is CCc1ccc(C(=O)C(C)N2CCC(COC)C2)cc1. The number of hydrogen-bond donors (Lipinski definition) is 0. The molecule has 0 radical (unpaired) electrons. The summed E-state index contributed by atoms with van der Waals surface area (Å²) in [6, 6.07) is 7.99. The molecule has 3 heteroatoms. The van der Waals surface area contributed by atoms with Crippen LogP contribution in [-0.2, 0) is 11.2 Å². The molecular weight excluding hydrogens is 250 g/mol. The Hall–Kier alpha value is -1.19. The van der Waals surface area contributed by atoms with Crippen molar-refractivity contribution in [2.75, 3.05) is 26.8 Å². The Labute approximate surface area is 121 Å². The van der Waals surface area contributed by atoms with E-state index in [1.165, 1.54) is 5.56 Å². The summed E-state index contributed by atoms with van der Waals surface area (Å²) in [5.41, 5.74) is 2.10. The summed E-state index contributed by atoms with van der Waals surface area (Å²) >= 11 is 0. The smallest absolute Gasteiger partial charge is 0.179 e. The van der Waals surface area contributed by atoms with Crippen LogP contribution in [0.15, 0.2) is 24.3 Å². The molecule has 0 aromatic heterocycles. The summed E-state index contributed by atoms with van der Waals surface area (Å²) in [6.45, 7) is 6.90. The number of aryl methyl sites for hydroxylation is 1. The fraction of sp³-hybridized carbons (Fsp3) is 0.588. The number of methoxy groups -OCH3 is 1. The number of nitrogens with zero attached hydrogens (tertiary/aromatic N) is 1. The number of Topliss-reactive ketones (excluding diaryl/α,β-unsaturated/α-hetero) is 1. The maximum Gasteiger partial charge on any atom is 0.179 e. The largest absolute Gasteiger partial charge is 0.384 e. The van der Waals surface area contributed by atoms with E-state index in [9.17, 15) is 4.79 Å². The zero-order valence-electron chi connectivity index (χ0n) is 12.8. The van der Waals surface area contributed by atoms with Gasteiger partial charge >= 0.3 is 0 Å². The summed E-state index contributed by atoms with van der Waals surface area (Å²) in [7, 11) is 1.74. The van der Waals surface area contributed by atoms with Crippen molar-refractivity contribution >= 4 is 5.78 Å². The summed E-state index contributed by atoms with van der Waals surface area (Å²) < 4.78 is 5.21. The second-order valence-electron chi connectivity index (χ2n) is 5.70. The lowest BCUT2D eigenvalue weighted by Gasteiger charge is -2.23. The van der Waals surface area contributed by atoms with Gasteiger partial charge in [0.15, 0.2) is 5.78 Å². The fourth-order valence-electron chi connectivity index (χ4n) is 2.90. The highest BCUT2D eigenvalue weighted by Crippen LogP contribution is 2.21. The van der Waals surface area contributed by atoms with Crippen molar-refractivity contribution in [2.45, 2.75) is 32.7 Å². The van der Waals surface area contributed by atoms with Crippen molar-refractivity contribution in [1.82, 2.24) is 4.90 Å². The van der Waals surface area contributed by atoms with Gasteiger partial charge in [0.05, 0.1) is 12.6 Å². The summed E-state index contributed by atoms with van der Waals surface area (Å²) in [5, 5.41) is 0. The molecule has 0 bridgehead atoms. The molecule has 1 aromatic carbocycles. The standard InChI is InChI=1S/C17H25NO2/c1-4-14-5-7-16(8-6-14)17(19)13(2)18-10-9-15(11-18)12-20-3/h5-8,13,15H,4,9-12H2,1-3H3. The second-order valence-corrected chi connectivity index (χ2v) is 5.70. The lowest BCUT2D eigenvalue weighted by Crippen LogP contribution is -2.37. The van der Waals surface area contributed by atoms with Gasteiger partial charge in [-0.25, -0.2) is 0 Å². The maximum atomic E-state index is 12.5. The fourth-order valence-corrected chi connectivity index (χ4v) is 2.90. The van der Waals surface area contributed by atoms with Crippen LogP contribution in [0.4, 0.5) is 0 Å². The zero-order chi connectivity index (χ0) is 14.5. The van der Waals surface area contributed by atoms with Crippen LogP contribution in [0, 0.1) is 5.92 Å². The Bertz CT molecular complexity index is 441. The number of ether oxygens (including phenoxy) is 1. The monoisotopic (exact) mass is 275 g/mol. The van der Waals surface area contributed by atoms with Gasteiger partial charge in [0.1, 0.15) is 0 Å². The first-order valence-corrected chi connectivity index (χ1v) is 7.51. The van der Waals surface area contributed by atoms with Crippen LogP contribution in [0.3, 0.4) is 0 Å². The number of likely N-dealkylation sites (tertiary alicyclic amines) is 1. The lowest BCUT2D eigenvalue weighted by atomic mass is 10.0. The molecule has 0 N–H and O–H groups in total. The molecule has 2 rings (SSSR count). The molecule has 0 amide bonds. The minimum absolute atomic E-state index is 0.0377. The van der Waals surface area contributed by atoms with Gasteiger partial charge in [-0.2, -0.15) is 0 Å². The van der Waals surface area contributed by atoms with E-state index in [0.29, 0.717) is 5.92 Å². The predicted octanol–water partition coefficient (Wildman–Crippen LogP) is 2.79. The van der Waals surface area contributed by atoms with E-state index < -0.39 is 0 Å². The molecule has 1 saturated heterocycles. The van der Waals surface area contributed by atoms with E-state index >= 15 is 0 Å². The third-order valence-corrected chi connectivity index (χ3v) is 4.29. The van der Waals surface area contributed by atoms with Gasteiger partial charge in [0.25, 0.3) is 0 Å². The number of ketones is 1. The van der Waals surface area contributed by atoms with Crippen LogP contribution >= 0.6 is 0 Å². The van der Waals surface area contributed by atoms with E-state index in [1.54, 1.807) is 7.11 Å². The third kappa shape index (κ3) is 3.47. The van der Waals surface area contributed by atoms with Crippen molar-refractivity contribution in [3.63, 3.8) is 0 Å². The molecule has 1 aliphatic heterocycles. The van der Waals surface area contributed by atoms with Crippen molar-refractivity contribution in [3.05, 3.63) is 35.4 Å². The Morgan fingerprint density at radius 3 is 2.70 bits per heavy atom. The molecule has 3 nitrogen and oxygen atoms in total. The molecule has 20 heavy (non-hydrogen) atoms. The van der Waals surface area contributed by atoms with Crippen molar-refractivity contribution < 1.29 is 9.53 Å². The van der Waals surface area contributed by atoms with Crippen LogP contribution in [0.25, 0.3) is 0 Å². The highest BCUT2D eigenvalue weighted by atomic mass is 16.5. The molecule has 1 fully saturated rings. The minimum Gasteiger partial charge on any atom is -0.384 e. The van der Waals surface area contributed by atoms with E-state index in [-0.39, 0.29) is 11.8 Å². The first-order chi connectivity index (χ1) is 9.65. The van der Waals surface area contributed by atoms with Crippen LogP contribution in [0.2, 0.25) is 0 Å². The van der Waals surface area contributed by atoms with E-state index in [4.69, 9.17) is 4.74 Å². The Balaban J connectivity index is 1.97. The van der Waals surface area contributed by atoms with E-state index in [2.05, 4.69) is 24.0 Å². The summed E-state index contributed by atoms with van der Waals surface area (Å²) in [5.74, 6) is 0.795. The first kappa shape index (κ1) is 15.2. The molecule has 0 saturated carbocycles. The Kier molecular flexibility index (Phi) is 5.32. The van der Waals surface area contributed by atoms with E-state index in [1.807, 2.05) is 19.1 Å². The van der Waals surface area contributed by atoms with Gasteiger partial charge in [-0.3, -0.25) is 9.69 Å². The normalized spacial score (nSPS) is 21.1. The topological polar surface area (TPSA) is 29.5 Å². The molecule has 0 spiro atoms. The summed E-state index contributed by atoms with van der Waals surface area (Å²) in [4.78, 5) is 14.8. The van der Waals surface area contributed by atoms with Crippen molar-refractivity contribution in [2.24, 2.45) is 5.92 Å². The van der Waals surface area contributed by atoms with Crippen LogP contribution < -0.4 is 0 Å². The van der Waals surface area contributed by atoms with Crippen molar-refractivity contribution in [1.29, 1.82) is 0 Å². The number of hydrogen-bond acceptors (Lipinski definition) is 3. The first-order valence-electron chi connectivity index (χ1n) is 7.51. The molecule has 2 atom stereocenters. The van der Waals surface area contributed by atoms with Crippen LogP contribution in [0.5, 0.6) is 0 Å². The van der Waals surface area contributed by atoms with Gasteiger partial charge in [0.2, 0.25) is 0 Å². The Morgan fingerprint density at radius 2 is 2.10 bits per heavy atom.